The van der Waals surface area contributed by atoms with Crippen molar-refractivity contribution in [3.05, 3.63) is 71.7 Å². The zero-order valence-electron chi connectivity index (χ0n) is 14.9. The Morgan fingerprint density at radius 1 is 1.00 bits per heavy atom. The lowest BCUT2D eigenvalue weighted by Crippen LogP contribution is -2.30. The van der Waals surface area contributed by atoms with E-state index in [9.17, 15) is 9.59 Å². The number of amides is 2. The van der Waals surface area contributed by atoms with Gasteiger partial charge in [-0.25, -0.2) is 0 Å². The predicted octanol–water partition coefficient (Wildman–Crippen LogP) is 2.16. The number of benzene rings is 1. The molecule has 2 heterocycles. The zero-order chi connectivity index (χ0) is 19.8. The molecule has 2 N–H and O–H groups in total. The maximum atomic E-state index is 12.1. The fourth-order valence-corrected chi connectivity index (χ4v) is 2.42. The van der Waals surface area contributed by atoms with Crippen molar-refractivity contribution in [2.45, 2.75) is 6.42 Å². The van der Waals surface area contributed by atoms with Crippen molar-refractivity contribution in [2.24, 2.45) is 0 Å². The number of carbonyl (C=O) groups excluding carboxylic acids is 2. The number of hydrogen-bond donors (Lipinski definition) is 2. The second kappa shape index (κ2) is 9.09. The summed E-state index contributed by atoms with van der Waals surface area (Å²) in [6.45, 7) is 0.712. The van der Waals surface area contributed by atoms with Crippen LogP contribution in [0.25, 0.3) is 11.3 Å². The van der Waals surface area contributed by atoms with Gasteiger partial charge >= 0.3 is 0 Å². The minimum Gasteiger partial charge on any atom is -0.355 e. The second-order valence-corrected chi connectivity index (χ2v) is 5.85. The van der Waals surface area contributed by atoms with E-state index in [4.69, 9.17) is 9.78 Å². The van der Waals surface area contributed by atoms with E-state index in [0.717, 1.165) is 5.56 Å². The monoisotopic (exact) mass is 375 g/mol. The van der Waals surface area contributed by atoms with Gasteiger partial charge in [-0.05, 0) is 18.6 Å². The average molecular weight is 375 g/mol. The molecule has 0 atom stereocenters. The predicted molar refractivity (Wildman–Crippen MR) is 100 cm³/mol. The van der Waals surface area contributed by atoms with Gasteiger partial charge in [0.2, 0.25) is 0 Å². The van der Waals surface area contributed by atoms with Gasteiger partial charge in [-0.1, -0.05) is 35.5 Å². The smallest absolute Gasteiger partial charge is 0.273 e. The Morgan fingerprint density at radius 3 is 2.43 bits per heavy atom. The highest BCUT2D eigenvalue weighted by Gasteiger charge is 2.13. The first-order valence-corrected chi connectivity index (χ1v) is 8.62. The third kappa shape index (κ3) is 4.80. The number of rotatable bonds is 7. The van der Waals surface area contributed by atoms with E-state index >= 15 is 0 Å². The molecule has 2 aromatic heterocycles. The van der Waals surface area contributed by atoms with Crippen LogP contribution in [-0.2, 0) is 0 Å². The third-order valence-electron chi connectivity index (χ3n) is 3.85. The Kier molecular flexibility index (Phi) is 6.10. The largest absolute Gasteiger partial charge is 0.355 e. The van der Waals surface area contributed by atoms with E-state index in [1.54, 1.807) is 6.07 Å². The van der Waals surface area contributed by atoms with Crippen molar-refractivity contribution in [1.82, 2.24) is 20.8 Å². The molecule has 0 saturated carbocycles. The van der Waals surface area contributed by atoms with Gasteiger partial charge in [0, 0.05) is 30.9 Å². The van der Waals surface area contributed by atoms with Crippen molar-refractivity contribution in [3.8, 4) is 17.4 Å². The highest BCUT2D eigenvalue weighted by atomic mass is 16.5. The first-order chi connectivity index (χ1) is 13.7. The molecule has 8 nitrogen and oxygen atoms in total. The van der Waals surface area contributed by atoms with Crippen molar-refractivity contribution in [3.63, 3.8) is 0 Å². The summed E-state index contributed by atoms with van der Waals surface area (Å²) >= 11 is 0. The zero-order valence-corrected chi connectivity index (χ0v) is 14.9. The molecule has 3 rings (SSSR count). The molecule has 0 aliphatic rings. The van der Waals surface area contributed by atoms with Crippen LogP contribution in [0.2, 0.25) is 0 Å². The molecule has 28 heavy (non-hydrogen) atoms. The fraction of sp³-hybridized carbons (Fsp3) is 0.150. The summed E-state index contributed by atoms with van der Waals surface area (Å²) in [5.41, 5.74) is 1.58. The van der Waals surface area contributed by atoms with Crippen molar-refractivity contribution in [2.75, 3.05) is 13.1 Å². The highest BCUT2D eigenvalue weighted by Crippen LogP contribution is 2.19. The molecule has 0 saturated heterocycles. The minimum atomic E-state index is -0.368. The number of pyridine rings is 1. The lowest BCUT2D eigenvalue weighted by atomic mass is 10.1. The molecule has 0 spiro atoms. The fourth-order valence-electron chi connectivity index (χ4n) is 2.42. The van der Waals surface area contributed by atoms with E-state index in [0.29, 0.717) is 30.8 Å². The molecule has 140 valence electrons. The Hall–Kier alpha value is -3.99. The quantitative estimate of drug-likeness (QED) is 0.611. The molecule has 3 aromatic rings. The number of nitrogens with zero attached hydrogens (tertiary/aromatic N) is 3. The van der Waals surface area contributed by atoms with Crippen LogP contribution in [0.1, 0.15) is 33.0 Å². The maximum Gasteiger partial charge on any atom is 0.273 e. The summed E-state index contributed by atoms with van der Waals surface area (Å²) in [7, 11) is 0. The third-order valence-corrected chi connectivity index (χ3v) is 3.85. The van der Waals surface area contributed by atoms with Crippen LogP contribution in [0.15, 0.2) is 59.3 Å². The lowest BCUT2D eigenvalue weighted by molar-refractivity contribution is 0.0944. The lowest BCUT2D eigenvalue weighted by Gasteiger charge is -2.05. The van der Waals surface area contributed by atoms with E-state index in [2.05, 4.69) is 20.8 Å². The van der Waals surface area contributed by atoms with Crippen LogP contribution in [0, 0.1) is 11.3 Å². The van der Waals surface area contributed by atoms with E-state index in [1.165, 1.54) is 18.3 Å². The molecular weight excluding hydrogens is 358 g/mol. The van der Waals surface area contributed by atoms with E-state index in [1.807, 2.05) is 36.4 Å². The van der Waals surface area contributed by atoms with Crippen LogP contribution in [0.4, 0.5) is 0 Å². The number of carbonyl (C=O) groups is 2. The maximum absolute atomic E-state index is 12.1. The summed E-state index contributed by atoms with van der Waals surface area (Å²) in [6, 6.07) is 15.9. The van der Waals surface area contributed by atoms with Gasteiger partial charge in [0.05, 0.1) is 11.6 Å². The molecular formula is C20H17N5O3. The van der Waals surface area contributed by atoms with Crippen LogP contribution < -0.4 is 10.6 Å². The molecule has 8 heteroatoms. The van der Waals surface area contributed by atoms with Gasteiger partial charge < -0.3 is 15.2 Å². The first-order valence-electron chi connectivity index (χ1n) is 8.62. The van der Waals surface area contributed by atoms with Gasteiger partial charge in [0.15, 0.2) is 11.5 Å². The molecule has 0 aliphatic carbocycles. The van der Waals surface area contributed by atoms with E-state index in [-0.39, 0.29) is 23.2 Å². The summed E-state index contributed by atoms with van der Waals surface area (Å²) in [5, 5.41) is 18.0. The Labute approximate surface area is 161 Å². The molecule has 0 unspecified atom stereocenters. The van der Waals surface area contributed by atoms with Crippen molar-refractivity contribution in [1.29, 1.82) is 5.26 Å². The topological polar surface area (TPSA) is 121 Å². The average Bonchev–Trinajstić information content (AvgIpc) is 3.24. The van der Waals surface area contributed by atoms with Crippen molar-refractivity contribution < 1.29 is 14.1 Å². The SMILES string of the molecule is N#Cc1ccnc(C(=O)NCCCNC(=O)c2cc(-c3ccccc3)on2)c1. The Morgan fingerprint density at radius 2 is 1.71 bits per heavy atom. The molecule has 0 fully saturated rings. The number of nitriles is 1. The summed E-state index contributed by atoms with van der Waals surface area (Å²) < 4.78 is 5.20. The van der Waals surface area contributed by atoms with Crippen LogP contribution in [0.3, 0.4) is 0 Å². The number of aromatic nitrogens is 2. The first kappa shape index (κ1) is 18.8. The van der Waals surface area contributed by atoms with Crippen molar-refractivity contribution >= 4 is 11.8 Å². The van der Waals surface area contributed by atoms with Gasteiger partial charge in [-0.15, -0.1) is 0 Å². The van der Waals surface area contributed by atoms with Gasteiger partial charge in [-0.3, -0.25) is 14.6 Å². The molecule has 0 radical (unpaired) electrons. The number of hydrogen-bond acceptors (Lipinski definition) is 6. The van der Waals surface area contributed by atoms with Gasteiger partial charge in [-0.2, -0.15) is 5.26 Å². The van der Waals surface area contributed by atoms with Gasteiger partial charge in [0.1, 0.15) is 5.69 Å². The molecule has 0 bridgehead atoms. The summed E-state index contributed by atoms with van der Waals surface area (Å²) in [4.78, 5) is 28.0. The summed E-state index contributed by atoms with van der Waals surface area (Å²) in [6.07, 6.45) is 1.94. The van der Waals surface area contributed by atoms with Crippen LogP contribution >= 0.6 is 0 Å². The molecule has 2 amide bonds. The molecule has 1 aromatic carbocycles. The van der Waals surface area contributed by atoms with Gasteiger partial charge in [0.25, 0.3) is 11.8 Å². The normalized spacial score (nSPS) is 10.1. The second-order valence-electron chi connectivity index (χ2n) is 5.85. The standard InChI is InChI=1S/C20H17N5O3/c21-13-14-7-10-22-16(11-14)19(26)23-8-4-9-24-20(27)17-12-18(28-25-17)15-5-2-1-3-6-15/h1-3,5-7,10-12H,4,8-9H2,(H,23,26)(H,24,27). The van der Waals surface area contributed by atoms with E-state index < -0.39 is 0 Å². The van der Waals surface area contributed by atoms with Crippen LogP contribution in [-0.4, -0.2) is 35.0 Å². The highest BCUT2D eigenvalue weighted by molar-refractivity contribution is 5.93. The Bertz CT molecular complexity index is 1010. The molecule has 0 aliphatic heterocycles. The minimum absolute atomic E-state index is 0.180. The van der Waals surface area contributed by atoms with Crippen LogP contribution in [0.5, 0.6) is 0 Å². The Balaban J connectivity index is 1.42. The summed E-state index contributed by atoms with van der Waals surface area (Å²) in [5.74, 6) is -0.196. The number of nitrogens with one attached hydrogen (secondary N) is 2.